The molecule has 0 heterocycles. The van der Waals surface area contributed by atoms with Crippen LogP contribution in [0.1, 0.15) is 72.1 Å². The molecule has 38 heavy (non-hydrogen) atoms. The quantitative estimate of drug-likeness (QED) is 0.347. The molecule has 0 aliphatic carbocycles. The van der Waals surface area contributed by atoms with Crippen molar-refractivity contribution >= 4 is 35.2 Å². The van der Waals surface area contributed by atoms with Crippen LogP contribution in [0.4, 0.5) is 10.5 Å². The summed E-state index contributed by atoms with van der Waals surface area (Å²) in [5.41, 5.74) is 0.856. The molecule has 0 fully saturated rings. The molecule has 0 saturated heterocycles. The van der Waals surface area contributed by atoms with Crippen LogP contribution in [-0.4, -0.2) is 45.6 Å². The number of carbonyl (C=O) groups excluding carboxylic acids is 3. The third-order valence-electron chi connectivity index (χ3n) is 6.14. The molecule has 3 N–H and O–H groups in total. The number of alkyl carbamates (subject to hydrolysis) is 1. The average Bonchev–Trinajstić information content (AvgIpc) is 2.81. The molecule has 0 aliphatic rings. The van der Waals surface area contributed by atoms with E-state index in [1.807, 2.05) is 26.8 Å². The number of anilines is 1. The second-order valence-electron chi connectivity index (χ2n) is 10.8. The van der Waals surface area contributed by atoms with Crippen LogP contribution < -0.4 is 10.6 Å². The predicted molar refractivity (Wildman–Crippen MR) is 150 cm³/mol. The molecule has 0 aromatic heterocycles. The Labute approximate surface area is 230 Å². The molecule has 8 nitrogen and oxygen atoms in total. The Morgan fingerprint density at radius 2 is 1.71 bits per heavy atom. The average molecular weight is 546 g/mol. The number of nitrogens with zero attached hydrogens (tertiary/aromatic N) is 1. The minimum atomic E-state index is -1.13. The Kier molecular flexibility index (Phi) is 10.6. The third kappa shape index (κ3) is 8.12. The number of aromatic hydroxyl groups is 1. The fourth-order valence-corrected chi connectivity index (χ4v) is 4.34. The highest BCUT2D eigenvalue weighted by molar-refractivity contribution is 6.34. The predicted octanol–water partition coefficient (Wildman–Crippen LogP) is 6.21. The summed E-state index contributed by atoms with van der Waals surface area (Å²) in [5.74, 6) is -1.25. The van der Waals surface area contributed by atoms with E-state index in [9.17, 15) is 19.5 Å². The minimum Gasteiger partial charge on any atom is -0.508 e. The van der Waals surface area contributed by atoms with Crippen LogP contribution in [0.15, 0.2) is 42.5 Å². The Hall–Kier alpha value is -3.26. The first-order valence-corrected chi connectivity index (χ1v) is 13.2. The Morgan fingerprint density at radius 1 is 1.08 bits per heavy atom. The fourth-order valence-electron chi connectivity index (χ4n) is 4.07. The number of amides is 3. The molecule has 9 heteroatoms. The minimum absolute atomic E-state index is 0.0456. The molecule has 3 amide bonds. The van der Waals surface area contributed by atoms with Crippen LogP contribution in [0.3, 0.4) is 0 Å². The van der Waals surface area contributed by atoms with E-state index < -0.39 is 41.6 Å². The van der Waals surface area contributed by atoms with E-state index in [0.29, 0.717) is 22.7 Å². The number of benzene rings is 2. The highest BCUT2D eigenvalue weighted by Crippen LogP contribution is 2.32. The monoisotopic (exact) mass is 545 g/mol. The van der Waals surface area contributed by atoms with Crippen molar-refractivity contribution in [3.05, 3.63) is 58.6 Å². The molecule has 2 aromatic rings. The van der Waals surface area contributed by atoms with E-state index >= 15 is 0 Å². The lowest BCUT2D eigenvalue weighted by atomic mass is 9.94. The number of halogens is 1. The van der Waals surface area contributed by atoms with Crippen molar-refractivity contribution in [3.63, 3.8) is 0 Å². The number of hydrogen-bond acceptors (Lipinski definition) is 5. The number of hydrogen-bond donors (Lipinski definition) is 3. The number of aryl methyl sites for hydroxylation is 1. The SMILES string of the molecule is CCC(C)C(NC(=O)OC(C)(C)C)C(=O)N(C(C)C)C(C(=O)Nc1c(C)cccc1Cl)c1cccc(O)c1. The van der Waals surface area contributed by atoms with Crippen molar-refractivity contribution < 1.29 is 24.2 Å². The van der Waals surface area contributed by atoms with Crippen molar-refractivity contribution in [2.45, 2.75) is 85.5 Å². The molecule has 208 valence electrons. The van der Waals surface area contributed by atoms with Crippen LogP contribution in [0.25, 0.3) is 0 Å². The van der Waals surface area contributed by atoms with Crippen LogP contribution in [0, 0.1) is 12.8 Å². The van der Waals surface area contributed by atoms with Gasteiger partial charge < -0.3 is 25.4 Å². The summed E-state index contributed by atoms with van der Waals surface area (Å²) in [6, 6.07) is 8.97. The van der Waals surface area contributed by atoms with Crippen LogP contribution in [0.5, 0.6) is 5.75 Å². The van der Waals surface area contributed by atoms with E-state index in [4.69, 9.17) is 16.3 Å². The van der Waals surface area contributed by atoms with Crippen molar-refractivity contribution in [1.82, 2.24) is 10.2 Å². The molecule has 0 radical (unpaired) electrons. The zero-order valence-corrected chi connectivity index (χ0v) is 24.2. The highest BCUT2D eigenvalue weighted by atomic mass is 35.5. The van der Waals surface area contributed by atoms with Gasteiger partial charge in [0, 0.05) is 6.04 Å². The lowest BCUT2D eigenvalue weighted by molar-refractivity contribution is -0.144. The highest BCUT2D eigenvalue weighted by Gasteiger charge is 2.39. The van der Waals surface area contributed by atoms with Crippen molar-refractivity contribution in [1.29, 1.82) is 0 Å². The van der Waals surface area contributed by atoms with E-state index in [2.05, 4.69) is 10.6 Å². The van der Waals surface area contributed by atoms with Gasteiger partial charge in [-0.25, -0.2) is 4.79 Å². The van der Waals surface area contributed by atoms with Gasteiger partial charge in [0.05, 0.1) is 10.7 Å². The van der Waals surface area contributed by atoms with Crippen molar-refractivity contribution in [2.75, 3.05) is 5.32 Å². The molecular formula is C29H40ClN3O5. The van der Waals surface area contributed by atoms with Gasteiger partial charge in [0.15, 0.2) is 0 Å². The largest absolute Gasteiger partial charge is 0.508 e. The first kappa shape index (κ1) is 31.0. The first-order valence-electron chi connectivity index (χ1n) is 12.8. The van der Waals surface area contributed by atoms with Gasteiger partial charge >= 0.3 is 6.09 Å². The van der Waals surface area contributed by atoms with Gasteiger partial charge in [-0.15, -0.1) is 0 Å². The number of para-hydroxylation sites is 1. The topological polar surface area (TPSA) is 108 Å². The summed E-state index contributed by atoms with van der Waals surface area (Å²) in [6.45, 7) is 14.4. The standard InChI is InChI=1S/C29H40ClN3O5/c1-9-18(4)24(32-28(37)38-29(6,7)8)27(36)33(17(2)3)25(20-13-11-14-21(34)16-20)26(35)31-23-19(5)12-10-15-22(23)30/h10-18,24-25,34H,9H2,1-8H3,(H,31,35)(H,32,37). The van der Waals surface area contributed by atoms with Gasteiger partial charge in [0.2, 0.25) is 5.91 Å². The Morgan fingerprint density at radius 3 is 2.24 bits per heavy atom. The summed E-state index contributed by atoms with van der Waals surface area (Å²) < 4.78 is 5.42. The summed E-state index contributed by atoms with van der Waals surface area (Å²) in [6.07, 6.45) is -0.121. The molecular weight excluding hydrogens is 506 g/mol. The number of phenolic OH excluding ortho intramolecular Hbond substituents is 1. The molecule has 2 rings (SSSR count). The molecule has 0 bridgehead atoms. The summed E-state index contributed by atoms with van der Waals surface area (Å²) in [7, 11) is 0. The summed E-state index contributed by atoms with van der Waals surface area (Å²) in [5, 5.41) is 16.2. The van der Waals surface area contributed by atoms with E-state index in [1.54, 1.807) is 58.9 Å². The van der Waals surface area contributed by atoms with E-state index in [1.165, 1.54) is 17.0 Å². The third-order valence-corrected chi connectivity index (χ3v) is 6.46. The molecule has 0 spiro atoms. The molecule has 3 atom stereocenters. The Bertz CT molecular complexity index is 1130. The summed E-state index contributed by atoms with van der Waals surface area (Å²) in [4.78, 5) is 42.2. The molecule has 3 unspecified atom stereocenters. The number of rotatable bonds is 9. The maximum absolute atomic E-state index is 14.2. The number of nitrogens with one attached hydrogen (secondary N) is 2. The molecule has 2 aromatic carbocycles. The van der Waals surface area contributed by atoms with Gasteiger partial charge in [0.1, 0.15) is 23.4 Å². The second-order valence-corrected chi connectivity index (χ2v) is 11.2. The Balaban J connectivity index is 2.58. The van der Waals surface area contributed by atoms with Gasteiger partial charge in [-0.2, -0.15) is 0 Å². The van der Waals surface area contributed by atoms with Crippen molar-refractivity contribution in [2.24, 2.45) is 5.92 Å². The van der Waals surface area contributed by atoms with Gasteiger partial charge in [-0.3, -0.25) is 9.59 Å². The first-order chi connectivity index (χ1) is 17.7. The normalized spacial score (nSPS) is 13.8. The van der Waals surface area contributed by atoms with Gasteiger partial charge in [-0.1, -0.05) is 56.1 Å². The van der Waals surface area contributed by atoms with Gasteiger partial charge in [0.25, 0.3) is 5.91 Å². The van der Waals surface area contributed by atoms with Crippen LogP contribution in [0.2, 0.25) is 5.02 Å². The number of ether oxygens (including phenoxy) is 1. The van der Waals surface area contributed by atoms with E-state index in [-0.39, 0.29) is 11.7 Å². The molecule has 0 aliphatic heterocycles. The van der Waals surface area contributed by atoms with Gasteiger partial charge in [-0.05, 0) is 76.8 Å². The lowest BCUT2D eigenvalue weighted by Gasteiger charge is -2.38. The number of carbonyl (C=O) groups is 3. The number of phenols is 1. The molecule has 0 saturated carbocycles. The van der Waals surface area contributed by atoms with Crippen LogP contribution in [-0.2, 0) is 14.3 Å². The van der Waals surface area contributed by atoms with Crippen molar-refractivity contribution in [3.8, 4) is 5.75 Å². The second kappa shape index (κ2) is 13.0. The van der Waals surface area contributed by atoms with E-state index in [0.717, 1.165) is 5.56 Å². The lowest BCUT2D eigenvalue weighted by Crippen LogP contribution is -2.56. The maximum Gasteiger partial charge on any atom is 0.408 e. The zero-order valence-electron chi connectivity index (χ0n) is 23.5. The fraction of sp³-hybridized carbons (Fsp3) is 0.483. The van der Waals surface area contributed by atoms with Crippen LogP contribution >= 0.6 is 11.6 Å². The summed E-state index contributed by atoms with van der Waals surface area (Å²) >= 11 is 6.38. The zero-order chi connectivity index (χ0) is 28.8. The maximum atomic E-state index is 14.2. The smallest absolute Gasteiger partial charge is 0.408 e.